The highest BCUT2D eigenvalue weighted by atomic mass is 19.4. The summed E-state index contributed by atoms with van der Waals surface area (Å²) in [6, 6.07) is 3.75. The molecule has 2 aromatic heterocycles. The van der Waals surface area contributed by atoms with Gasteiger partial charge < -0.3 is 40.6 Å². The molecule has 238 valence electrons. The van der Waals surface area contributed by atoms with Gasteiger partial charge in [-0.25, -0.2) is 15.0 Å². The smallest absolute Gasteiger partial charge is 0.406 e. The number of nitrogens with zero attached hydrogens (tertiary/aromatic N) is 5. The topological polar surface area (TPSA) is 165 Å². The van der Waals surface area contributed by atoms with Crippen molar-refractivity contribution in [3.05, 3.63) is 30.9 Å². The van der Waals surface area contributed by atoms with Crippen molar-refractivity contribution >= 4 is 34.3 Å². The Bertz CT molecular complexity index is 1530. The summed E-state index contributed by atoms with van der Waals surface area (Å²) in [5, 5.41) is 2.67. The number of likely N-dealkylation sites (N-methyl/N-ethyl adjacent to an activating group) is 1. The fourth-order valence-corrected chi connectivity index (χ4v) is 6.21. The number of nitrogens with one attached hydrogen (secondary N) is 1. The summed E-state index contributed by atoms with van der Waals surface area (Å²) >= 11 is 0. The lowest BCUT2D eigenvalue weighted by Gasteiger charge is -2.42. The van der Waals surface area contributed by atoms with Crippen molar-refractivity contribution < 1.29 is 36.9 Å². The van der Waals surface area contributed by atoms with E-state index in [1.807, 2.05) is 18.4 Å². The van der Waals surface area contributed by atoms with E-state index in [9.17, 15) is 18.0 Å². The summed E-state index contributed by atoms with van der Waals surface area (Å²) < 4.78 is 62.0. The van der Waals surface area contributed by atoms with Crippen LogP contribution in [0.3, 0.4) is 0 Å². The largest absolute Gasteiger partial charge is 0.573 e. The third kappa shape index (κ3) is 6.24. The zero-order valence-corrected chi connectivity index (χ0v) is 24.5. The third-order valence-corrected chi connectivity index (χ3v) is 8.40. The number of anilines is 3. The van der Waals surface area contributed by atoms with Gasteiger partial charge in [0.05, 0.1) is 17.7 Å². The first-order valence-electron chi connectivity index (χ1n) is 14.4. The Morgan fingerprint density at radius 3 is 2.66 bits per heavy atom. The highest BCUT2D eigenvalue weighted by molar-refractivity contribution is 5.94. The molecular weight excluding hydrogens is 585 g/mol. The predicted octanol–water partition coefficient (Wildman–Crippen LogP) is 3.44. The van der Waals surface area contributed by atoms with Gasteiger partial charge in [0, 0.05) is 25.1 Å². The molecule has 44 heavy (non-hydrogen) atoms. The number of amides is 1. The van der Waals surface area contributed by atoms with Crippen molar-refractivity contribution in [3.63, 3.8) is 0 Å². The predicted molar refractivity (Wildman–Crippen MR) is 152 cm³/mol. The van der Waals surface area contributed by atoms with Crippen molar-refractivity contribution in [1.82, 2.24) is 24.4 Å². The highest BCUT2D eigenvalue weighted by Crippen LogP contribution is 2.45. The number of nitrogen functional groups attached to an aromatic ring is 2. The number of nitrogens with two attached hydrogens (primary N) is 2. The van der Waals surface area contributed by atoms with E-state index >= 15 is 0 Å². The van der Waals surface area contributed by atoms with Crippen molar-refractivity contribution in [2.75, 3.05) is 30.4 Å². The van der Waals surface area contributed by atoms with E-state index in [0.29, 0.717) is 41.9 Å². The van der Waals surface area contributed by atoms with Crippen LogP contribution in [0.1, 0.15) is 45.8 Å². The van der Waals surface area contributed by atoms with E-state index in [-0.39, 0.29) is 42.0 Å². The molecule has 0 unspecified atom stereocenters. The fraction of sp³-hybridized carbons (Fsp3) is 0.571. The van der Waals surface area contributed by atoms with E-state index in [0.717, 1.165) is 25.0 Å². The lowest BCUT2D eigenvalue weighted by molar-refractivity contribution is -0.274. The standard InChI is InChI=1S/C28H35F3N8O5/c1-27(2)43-22-19(41-26(23(22)44-27)39-13-36-21-24(33)34-12-35-25(21)39)11-38(3)15-8-14(9-15)4-7-20(40)37-18-6-5-16(10-17(18)32)42-28(29,30)31/h5-6,10,12-15,19,22-23,26H,4,7-9,11,32H2,1-3H3,(H,37,40)(H2,33,34,35)/t14?,15?,19-,22-,23-,26-/m1/s1. The zero-order chi connectivity index (χ0) is 31.4. The SMILES string of the molecule is CN(C[C@H]1O[C@@H](n2cnc3c(N)ncnc32)[C@@H]2OC(C)(C)O[C@@H]21)C1CC(CCC(=O)Nc2ccc(OC(F)(F)F)cc2N)C1. The molecule has 1 aliphatic carbocycles. The van der Waals surface area contributed by atoms with Gasteiger partial charge in [-0.1, -0.05) is 0 Å². The molecule has 13 nitrogen and oxygen atoms in total. The highest BCUT2D eigenvalue weighted by Gasteiger charge is 2.56. The van der Waals surface area contributed by atoms with Crippen LogP contribution in [0, 0.1) is 5.92 Å². The Morgan fingerprint density at radius 1 is 1.18 bits per heavy atom. The van der Waals surface area contributed by atoms with Gasteiger partial charge in [0.15, 0.2) is 23.5 Å². The number of halogens is 3. The molecule has 2 aliphatic heterocycles. The molecule has 3 aromatic rings. The molecule has 16 heteroatoms. The van der Waals surface area contributed by atoms with Gasteiger partial charge in [0.25, 0.3) is 0 Å². The summed E-state index contributed by atoms with van der Waals surface area (Å²) in [7, 11) is 2.05. The Labute approximate surface area is 251 Å². The molecule has 0 radical (unpaired) electrons. The van der Waals surface area contributed by atoms with Crippen LogP contribution in [0.5, 0.6) is 5.75 Å². The van der Waals surface area contributed by atoms with Gasteiger partial charge >= 0.3 is 6.36 Å². The number of benzene rings is 1. The first-order chi connectivity index (χ1) is 20.8. The Kier molecular flexibility index (Phi) is 7.80. The van der Waals surface area contributed by atoms with E-state index in [1.165, 1.54) is 12.4 Å². The van der Waals surface area contributed by atoms with Crippen LogP contribution < -0.4 is 21.5 Å². The monoisotopic (exact) mass is 620 g/mol. The van der Waals surface area contributed by atoms with Gasteiger partial charge in [-0.15, -0.1) is 13.2 Å². The van der Waals surface area contributed by atoms with Gasteiger partial charge in [0.2, 0.25) is 5.91 Å². The van der Waals surface area contributed by atoms with E-state index < -0.39 is 24.1 Å². The molecule has 5 N–H and O–H groups in total. The molecule has 1 amide bonds. The maximum absolute atomic E-state index is 12.5. The minimum atomic E-state index is -4.82. The van der Waals surface area contributed by atoms with Crippen LogP contribution in [-0.4, -0.2) is 80.4 Å². The summed E-state index contributed by atoms with van der Waals surface area (Å²) in [6.45, 7) is 4.38. The fourth-order valence-electron chi connectivity index (χ4n) is 6.21. The number of hydrogen-bond acceptors (Lipinski definition) is 11. The van der Waals surface area contributed by atoms with Gasteiger partial charge in [-0.2, -0.15) is 0 Å². The lowest BCUT2D eigenvalue weighted by atomic mass is 9.76. The molecule has 1 aromatic carbocycles. The average Bonchev–Trinajstić information content (AvgIpc) is 3.56. The normalized spacial score (nSPS) is 27.8. The number of carbonyl (C=O) groups excluding carboxylic acids is 1. The molecule has 6 rings (SSSR count). The maximum Gasteiger partial charge on any atom is 0.573 e. The number of fused-ring (bicyclic) bond motifs is 2. The summed E-state index contributed by atoms with van der Waals surface area (Å²) in [5.41, 5.74) is 13.1. The van der Waals surface area contributed by atoms with Crippen molar-refractivity contribution in [2.24, 2.45) is 5.92 Å². The second kappa shape index (κ2) is 11.3. The average molecular weight is 621 g/mol. The number of aromatic nitrogens is 4. The van der Waals surface area contributed by atoms with Crippen molar-refractivity contribution in [2.45, 2.75) is 82.3 Å². The van der Waals surface area contributed by atoms with Gasteiger partial charge in [-0.05, 0) is 58.2 Å². The number of alkyl halides is 3. The van der Waals surface area contributed by atoms with Crippen LogP contribution in [0.25, 0.3) is 11.2 Å². The van der Waals surface area contributed by atoms with E-state index in [1.54, 1.807) is 6.33 Å². The number of imidazole rings is 1. The van der Waals surface area contributed by atoms with E-state index in [2.05, 4.69) is 37.0 Å². The van der Waals surface area contributed by atoms with Crippen molar-refractivity contribution in [1.29, 1.82) is 0 Å². The second-order valence-corrected chi connectivity index (χ2v) is 12.0. The molecule has 0 bridgehead atoms. The zero-order valence-electron chi connectivity index (χ0n) is 24.5. The molecule has 4 heterocycles. The quantitative estimate of drug-likeness (QED) is 0.300. The van der Waals surface area contributed by atoms with Crippen LogP contribution in [0.4, 0.5) is 30.4 Å². The molecule has 3 fully saturated rings. The minimum Gasteiger partial charge on any atom is -0.406 e. The third-order valence-electron chi connectivity index (χ3n) is 8.40. The number of ether oxygens (including phenoxy) is 4. The first-order valence-corrected chi connectivity index (χ1v) is 14.4. The molecule has 0 spiro atoms. The first kappa shape index (κ1) is 30.3. The molecule has 4 atom stereocenters. The van der Waals surface area contributed by atoms with Crippen molar-refractivity contribution in [3.8, 4) is 5.75 Å². The summed E-state index contributed by atoms with van der Waals surface area (Å²) in [5.74, 6) is -0.819. The Morgan fingerprint density at radius 2 is 1.93 bits per heavy atom. The van der Waals surface area contributed by atoms with Crippen LogP contribution in [0.15, 0.2) is 30.9 Å². The van der Waals surface area contributed by atoms with E-state index in [4.69, 9.17) is 25.7 Å². The number of hydrogen-bond donors (Lipinski definition) is 3. The second-order valence-electron chi connectivity index (χ2n) is 12.0. The number of rotatable bonds is 9. The number of carbonyl (C=O) groups is 1. The van der Waals surface area contributed by atoms with Crippen LogP contribution in [0.2, 0.25) is 0 Å². The molecular formula is C28H35F3N8O5. The molecule has 3 aliphatic rings. The minimum absolute atomic E-state index is 0.0114. The van der Waals surface area contributed by atoms with Gasteiger partial charge in [0.1, 0.15) is 35.9 Å². The molecule has 2 saturated heterocycles. The summed E-state index contributed by atoms with van der Waals surface area (Å²) in [4.78, 5) is 27.5. The maximum atomic E-state index is 12.5. The van der Waals surface area contributed by atoms with Gasteiger partial charge in [-0.3, -0.25) is 9.36 Å². The van der Waals surface area contributed by atoms with Crippen LogP contribution in [-0.2, 0) is 19.0 Å². The summed E-state index contributed by atoms with van der Waals surface area (Å²) in [6.07, 6.45) is -0.435. The Hall–Kier alpha value is -3.73. The lowest BCUT2D eigenvalue weighted by Crippen LogP contribution is -2.48. The molecule has 1 saturated carbocycles. The Balaban J connectivity index is 1.00. The van der Waals surface area contributed by atoms with Crippen LogP contribution >= 0.6 is 0 Å².